The number of likely N-dealkylation sites (N-methyl/N-ethyl adjacent to an activating group) is 1. The van der Waals surface area contributed by atoms with E-state index in [4.69, 9.17) is 30.9 Å². The standard InChI is InChI=1S/C50H66N14O7S2/c1-10-34-42(73-31(4)53-34)46(68)57-48-54-35-26-32(43(51)65)28-38(70-24-14-15-60-20-22-61(23-21-60)19-18-59(8)49(69)71-50(5,6)7)40(35)62(48)16-12-13-17-63-41-36(27-33(44(52)66)29-39(41)72-9)55-47(63)56-45(67)37-25-30(3)58-64(37)11-2/h12-13,25-29H,10-11,14-24H2,1-9H3,(H2,51,65)(H2,52,66)(H,54,57,68)(H,55,56,67)/b13-12+. The summed E-state index contributed by atoms with van der Waals surface area (Å²) in [5.41, 5.74) is 15.3. The van der Waals surface area contributed by atoms with Crippen LogP contribution in [0.4, 0.5) is 16.7 Å². The van der Waals surface area contributed by atoms with Gasteiger partial charge >= 0.3 is 6.09 Å². The van der Waals surface area contributed by atoms with Gasteiger partial charge in [-0.15, -0.1) is 23.1 Å². The Labute approximate surface area is 432 Å². The summed E-state index contributed by atoms with van der Waals surface area (Å²) in [6.45, 7) is 19.8. The van der Waals surface area contributed by atoms with Crippen molar-refractivity contribution in [2.24, 2.45) is 11.5 Å². The van der Waals surface area contributed by atoms with Gasteiger partial charge in [-0.3, -0.25) is 39.4 Å². The van der Waals surface area contributed by atoms with Crippen LogP contribution in [0.3, 0.4) is 0 Å². The van der Waals surface area contributed by atoms with Gasteiger partial charge < -0.3 is 39.9 Å². The van der Waals surface area contributed by atoms with E-state index in [9.17, 15) is 24.0 Å². The largest absolute Gasteiger partial charge is 0.491 e. The second-order valence-corrected chi connectivity index (χ2v) is 20.8. The van der Waals surface area contributed by atoms with Crippen molar-refractivity contribution in [3.8, 4) is 5.75 Å². The Balaban J connectivity index is 1.14. The molecule has 0 saturated carbocycles. The first-order chi connectivity index (χ1) is 34.8. The highest BCUT2D eigenvalue weighted by Gasteiger charge is 2.26. The summed E-state index contributed by atoms with van der Waals surface area (Å²) in [6, 6.07) is 8.22. The van der Waals surface area contributed by atoms with Crippen LogP contribution in [-0.2, 0) is 30.8 Å². The zero-order valence-corrected chi connectivity index (χ0v) is 44.7. The van der Waals surface area contributed by atoms with Gasteiger partial charge in [0.25, 0.3) is 11.8 Å². The number of nitrogens with two attached hydrogens (primary N) is 2. The van der Waals surface area contributed by atoms with Gasteiger partial charge in [-0.1, -0.05) is 19.1 Å². The Morgan fingerprint density at radius 2 is 1.41 bits per heavy atom. The lowest BCUT2D eigenvalue weighted by Gasteiger charge is -2.35. The molecule has 0 unspecified atom stereocenters. The van der Waals surface area contributed by atoms with Crippen LogP contribution < -0.4 is 26.8 Å². The van der Waals surface area contributed by atoms with Crippen molar-refractivity contribution in [1.82, 2.24) is 48.6 Å². The van der Waals surface area contributed by atoms with Gasteiger partial charge in [-0.05, 0) is 91.0 Å². The number of rotatable bonds is 21. The molecule has 0 aliphatic carbocycles. The lowest BCUT2D eigenvalue weighted by atomic mass is 10.1. The molecule has 0 atom stereocenters. The predicted octanol–water partition coefficient (Wildman–Crippen LogP) is 6.17. The topological polar surface area (TPSA) is 256 Å². The van der Waals surface area contributed by atoms with E-state index in [1.54, 1.807) is 47.0 Å². The molecule has 6 N–H and O–H groups in total. The van der Waals surface area contributed by atoms with Crippen LogP contribution in [0.15, 0.2) is 47.4 Å². The molecule has 7 rings (SSSR count). The third-order valence-corrected chi connectivity index (χ3v) is 13.9. The number of fused-ring (bicyclic) bond motifs is 2. The van der Waals surface area contributed by atoms with Gasteiger partial charge in [0.2, 0.25) is 23.7 Å². The maximum absolute atomic E-state index is 14.0. The fourth-order valence-corrected chi connectivity index (χ4v) is 10.1. The first-order valence-corrected chi connectivity index (χ1v) is 26.3. The molecule has 5 heterocycles. The molecule has 4 aromatic heterocycles. The molecule has 2 aromatic carbocycles. The molecule has 73 heavy (non-hydrogen) atoms. The highest BCUT2D eigenvalue weighted by atomic mass is 32.2. The molecule has 0 spiro atoms. The SMILES string of the molecule is CCc1nc(C)sc1C(=O)Nc1nc2cc(C(N)=O)cc(OCCCN3CCN(CCN(C)C(=O)OC(C)(C)C)CC3)c2n1C/C=C/Cn1c(NC(=O)c2cc(C)nn2CC)nc2cc(C(N)=O)cc(SC)c21. The monoisotopic (exact) mass is 1040 g/mol. The number of hydrogen-bond acceptors (Lipinski definition) is 15. The van der Waals surface area contributed by atoms with E-state index in [2.05, 4.69) is 30.5 Å². The number of imidazole rings is 2. The molecule has 1 aliphatic heterocycles. The van der Waals surface area contributed by atoms with E-state index in [1.165, 1.54) is 23.1 Å². The maximum Gasteiger partial charge on any atom is 0.410 e. The van der Waals surface area contributed by atoms with Gasteiger partial charge in [0.05, 0.1) is 39.6 Å². The molecule has 6 aromatic rings. The van der Waals surface area contributed by atoms with Crippen molar-refractivity contribution >= 4 is 86.8 Å². The average Bonchev–Trinajstić information content (AvgIpc) is 4.12. The second-order valence-electron chi connectivity index (χ2n) is 18.7. The summed E-state index contributed by atoms with van der Waals surface area (Å²) in [6.07, 6.45) is 6.59. The Morgan fingerprint density at radius 1 is 0.822 bits per heavy atom. The number of allylic oxidation sites excluding steroid dienone is 2. The lowest BCUT2D eigenvalue weighted by molar-refractivity contribution is 0.0270. The van der Waals surface area contributed by atoms with E-state index in [-0.39, 0.29) is 48.1 Å². The van der Waals surface area contributed by atoms with Crippen LogP contribution in [0.2, 0.25) is 0 Å². The first-order valence-electron chi connectivity index (χ1n) is 24.3. The number of hydrogen-bond donors (Lipinski definition) is 4. The highest BCUT2D eigenvalue weighted by molar-refractivity contribution is 7.98. The third kappa shape index (κ3) is 13.1. The summed E-state index contributed by atoms with van der Waals surface area (Å²) >= 11 is 2.71. The van der Waals surface area contributed by atoms with E-state index in [1.807, 2.05) is 76.0 Å². The number of nitrogens with one attached hydrogen (secondary N) is 2. The van der Waals surface area contributed by atoms with Crippen molar-refractivity contribution in [2.45, 2.75) is 91.4 Å². The molecule has 1 saturated heterocycles. The zero-order valence-electron chi connectivity index (χ0n) is 43.0. The smallest absolute Gasteiger partial charge is 0.410 e. The highest BCUT2D eigenvalue weighted by Crippen LogP contribution is 2.34. The Hall–Kier alpha value is -6.82. The maximum atomic E-state index is 14.0. The van der Waals surface area contributed by atoms with Gasteiger partial charge in [0, 0.05) is 88.5 Å². The molecule has 5 amide bonds. The number of anilines is 2. The second kappa shape index (κ2) is 23.4. The lowest BCUT2D eigenvalue weighted by Crippen LogP contribution is -2.49. The van der Waals surface area contributed by atoms with Crippen LogP contribution >= 0.6 is 23.1 Å². The summed E-state index contributed by atoms with van der Waals surface area (Å²) < 4.78 is 17.3. The van der Waals surface area contributed by atoms with Crippen molar-refractivity contribution < 1.29 is 33.4 Å². The van der Waals surface area contributed by atoms with Crippen LogP contribution in [0.25, 0.3) is 22.1 Å². The third-order valence-electron chi connectivity index (χ3n) is 12.2. The van der Waals surface area contributed by atoms with Gasteiger partial charge in [0.1, 0.15) is 27.4 Å². The zero-order chi connectivity index (χ0) is 52.7. The van der Waals surface area contributed by atoms with Crippen molar-refractivity contribution in [3.05, 3.63) is 80.6 Å². The Kier molecular flexibility index (Phi) is 17.3. The van der Waals surface area contributed by atoms with Gasteiger partial charge in [-0.2, -0.15) is 5.10 Å². The number of carbonyl (C=O) groups is 5. The number of piperazine rings is 1. The summed E-state index contributed by atoms with van der Waals surface area (Å²) in [5.74, 6) is -1.21. The molecule has 1 fully saturated rings. The quantitative estimate of drug-likeness (QED) is 0.0357. The minimum Gasteiger partial charge on any atom is -0.491 e. The van der Waals surface area contributed by atoms with Crippen molar-refractivity contribution in [1.29, 1.82) is 0 Å². The van der Waals surface area contributed by atoms with E-state index in [0.29, 0.717) is 82.3 Å². The summed E-state index contributed by atoms with van der Waals surface area (Å²) in [4.78, 5) is 87.1. The normalized spacial score (nSPS) is 13.5. The van der Waals surface area contributed by atoms with Crippen molar-refractivity contribution in [2.75, 3.05) is 76.4 Å². The number of nitrogens with zero attached hydrogens (tertiary/aromatic N) is 10. The molecule has 23 heteroatoms. The minimum absolute atomic E-state index is 0.184. The minimum atomic E-state index is -0.660. The van der Waals surface area contributed by atoms with Gasteiger partial charge in [0.15, 0.2) is 0 Å². The molecule has 0 radical (unpaired) electrons. The first kappa shape index (κ1) is 54.0. The van der Waals surface area contributed by atoms with Gasteiger partial charge in [-0.25, -0.2) is 19.7 Å². The Morgan fingerprint density at radius 3 is 2.00 bits per heavy atom. The van der Waals surface area contributed by atoms with E-state index < -0.39 is 23.3 Å². The molecule has 1 aliphatic rings. The summed E-state index contributed by atoms with van der Waals surface area (Å²) in [7, 11) is 1.76. The van der Waals surface area contributed by atoms with E-state index in [0.717, 1.165) is 49.2 Å². The van der Waals surface area contributed by atoms with Crippen LogP contribution in [0.5, 0.6) is 5.75 Å². The number of ether oxygens (including phenoxy) is 2. The molecular weight excluding hydrogens is 973 g/mol. The number of thiazole rings is 1. The number of thioether (sulfide) groups is 1. The number of carbonyl (C=O) groups excluding carboxylic acids is 5. The van der Waals surface area contributed by atoms with E-state index >= 15 is 0 Å². The predicted molar refractivity (Wildman–Crippen MR) is 284 cm³/mol. The van der Waals surface area contributed by atoms with Crippen LogP contribution in [-0.4, -0.2) is 150 Å². The molecule has 21 nitrogen and oxygen atoms in total. The fraction of sp³-hybridized carbons (Fsp3) is 0.460. The van der Waals surface area contributed by atoms with Crippen LogP contribution in [0.1, 0.15) is 98.3 Å². The van der Waals surface area contributed by atoms with Crippen LogP contribution in [0, 0.1) is 13.8 Å². The molecule has 390 valence electrons. The number of aromatic nitrogens is 7. The number of aryl methyl sites for hydroxylation is 4. The number of amides is 5. The Bertz CT molecular complexity index is 3050. The average molecular weight is 1040 g/mol. The molecular formula is C50H66N14O7S2. The number of benzene rings is 2. The van der Waals surface area contributed by atoms with Crippen molar-refractivity contribution in [3.63, 3.8) is 0 Å². The molecule has 0 bridgehead atoms. The summed E-state index contributed by atoms with van der Waals surface area (Å²) in [5, 5.41) is 11.2. The number of primary amides is 2. The fourth-order valence-electron chi connectivity index (χ4n) is 8.53.